The Balaban J connectivity index is 1.93. The number of nitrogens with zero attached hydrogens (tertiary/aromatic N) is 3. The van der Waals surface area contributed by atoms with Crippen molar-refractivity contribution in [3.63, 3.8) is 0 Å². The van der Waals surface area contributed by atoms with Gasteiger partial charge in [-0.2, -0.15) is 4.98 Å². The van der Waals surface area contributed by atoms with Crippen molar-refractivity contribution in [1.29, 1.82) is 0 Å². The smallest absolute Gasteiger partial charge is 0.335 e. The zero-order valence-electron chi connectivity index (χ0n) is 8.38. The fraction of sp³-hybridized carbons (Fsp3) is 0.333. The van der Waals surface area contributed by atoms with E-state index in [9.17, 15) is 0 Å². The van der Waals surface area contributed by atoms with E-state index in [0.717, 1.165) is 5.56 Å². The van der Waals surface area contributed by atoms with Gasteiger partial charge in [-0.1, -0.05) is 0 Å². The molecule has 0 aliphatic heterocycles. The van der Waals surface area contributed by atoms with Crippen molar-refractivity contribution in [3.8, 4) is 6.01 Å². The molecule has 0 amide bonds. The van der Waals surface area contributed by atoms with E-state index in [-0.39, 0.29) is 0 Å². The zero-order valence-corrected chi connectivity index (χ0v) is 8.38. The summed E-state index contributed by atoms with van der Waals surface area (Å²) in [6, 6.07) is 2.19. The van der Waals surface area contributed by atoms with Crippen LogP contribution in [-0.2, 0) is 20.2 Å². The first-order valence-corrected chi connectivity index (χ1v) is 4.52. The largest absolute Gasteiger partial charge is 0.465 e. The highest BCUT2D eigenvalue weighted by Crippen LogP contribution is 2.09. The van der Waals surface area contributed by atoms with Crippen LogP contribution in [-0.4, -0.2) is 14.8 Å². The predicted molar refractivity (Wildman–Crippen MR) is 51.9 cm³/mol. The molecule has 0 saturated carbocycles. The lowest BCUT2D eigenvalue weighted by Crippen LogP contribution is -1.97. The van der Waals surface area contributed by atoms with E-state index in [1.807, 2.05) is 6.07 Å². The Morgan fingerprint density at radius 3 is 3.07 bits per heavy atom. The number of hydrogen-bond donors (Lipinski definition) is 1. The minimum Gasteiger partial charge on any atom is -0.465 e. The van der Waals surface area contributed by atoms with E-state index in [2.05, 4.69) is 10.1 Å². The summed E-state index contributed by atoms with van der Waals surface area (Å²) >= 11 is 0. The molecule has 0 bridgehead atoms. The molecule has 0 aromatic carbocycles. The number of rotatable bonds is 4. The number of furan rings is 1. The fourth-order valence-corrected chi connectivity index (χ4v) is 1.13. The molecule has 0 fully saturated rings. The molecule has 2 aromatic heterocycles. The minimum atomic E-state index is 0.310. The average Bonchev–Trinajstić information content (AvgIpc) is 2.83. The third-order valence-corrected chi connectivity index (χ3v) is 1.87. The molecule has 0 spiro atoms. The monoisotopic (exact) mass is 208 g/mol. The van der Waals surface area contributed by atoms with Crippen LogP contribution in [0.1, 0.15) is 11.3 Å². The summed E-state index contributed by atoms with van der Waals surface area (Å²) in [4.78, 5) is 3.92. The van der Waals surface area contributed by atoms with Crippen molar-refractivity contribution in [2.75, 3.05) is 0 Å². The highest BCUT2D eigenvalue weighted by Gasteiger charge is 2.04. The molecule has 6 nitrogen and oxygen atoms in total. The summed E-state index contributed by atoms with van der Waals surface area (Å²) in [7, 11) is 1.78. The molecule has 0 aliphatic rings. The van der Waals surface area contributed by atoms with Crippen LogP contribution in [0.5, 0.6) is 6.01 Å². The molecule has 0 atom stereocenters. The van der Waals surface area contributed by atoms with Gasteiger partial charge >= 0.3 is 6.01 Å². The third-order valence-electron chi connectivity index (χ3n) is 1.87. The van der Waals surface area contributed by atoms with Crippen LogP contribution in [0, 0.1) is 0 Å². The van der Waals surface area contributed by atoms with Gasteiger partial charge in [-0.15, -0.1) is 5.10 Å². The molecule has 80 valence electrons. The average molecular weight is 208 g/mol. The third kappa shape index (κ3) is 2.35. The van der Waals surface area contributed by atoms with Crippen LogP contribution < -0.4 is 10.5 Å². The van der Waals surface area contributed by atoms with Crippen LogP contribution in [0.15, 0.2) is 23.1 Å². The Bertz CT molecular complexity index is 435. The maximum atomic E-state index is 5.44. The highest BCUT2D eigenvalue weighted by molar-refractivity contribution is 5.12. The molecule has 0 aliphatic carbocycles. The van der Waals surface area contributed by atoms with Crippen LogP contribution in [0.25, 0.3) is 0 Å². The Kier molecular flexibility index (Phi) is 2.68. The Labute approximate surface area is 86.7 Å². The molecule has 2 aromatic rings. The second-order valence-electron chi connectivity index (χ2n) is 3.11. The number of ether oxygens (including phenoxy) is 1. The molecule has 15 heavy (non-hydrogen) atoms. The second kappa shape index (κ2) is 4.14. The molecule has 0 saturated heterocycles. The minimum absolute atomic E-state index is 0.310. The second-order valence-corrected chi connectivity index (χ2v) is 3.11. The zero-order chi connectivity index (χ0) is 10.7. The topological polar surface area (TPSA) is 79.1 Å². The number of aromatic nitrogens is 3. The van der Waals surface area contributed by atoms with Gasteiger partial charge in [-0.05, 0) is 6.07 Å². The molecule has 6 heteroatoms. The lowest BCUT2D eigenvalue weighted by Gasteiger charge is -1.96. The van der Waals surface area contributed by atoms with Gasteiger partial charge in [-0.25, -0.2) is 0 Å². The van der Waals surface area contributed by atoms with E-state index in [0.29, 0.717) is 24.9 Å². The van der Waals surface area contributed by atoms with Gasteiger partial charge in [0, 0.05) is 19.2 Å². The number of aryl methyl sites for hydroxylation is 1. The Morgan fingerprint density at radius 2 is 2.47 bits per heavy atom. The SMILES string of the molecule is Cn1cnc(OCc2cc(CN)co2)n1. The van der Waals surface area contributed by atoms with E-state index in [1.54, 1.807) is 24.3 Å². The Morgan fingerprint density at radius 1 is 1.60 bits per heavy atom. The van der Waals surface area contributed by atoms with Gasteiger partial charge < -0.3 is 14.9 Å². The lowest BCUT2D eigenvalue weighted by molar-refractivity contribution is 0.249. The molecular weight excluding hydrogens is 196 g/mol. The van der Waals surface area contributed by atoms with E-state index >= 15 is 0 Å². The van der Waals surface area contributed by atoms with Gasteiger partial charge in [0.15, 0.2) is 0 Å². The first-order chi connectivity index (χ1) is 7.28. The highest BCUT2D eigenvalue weighted by atomic mass is 16.5. The van der Waals surface area contributed by atoms with Gasteiger partial charge in [0.25, 0.3) is 0 Å². The van der Waals surface area contributed by atoms with Crippen molar-refractivity contribution in [2.45, 2.75) is 13.2 Å². The van der Waals surface area contributed by atoms with Gasteiger partial charge in [0.2, 0.25) is 0 Å². The van der Waals surface area contributed by atoms with Crippen molar-refractivity contribution < 1.29 is 9.15 Å². The summed E-state index contributed by atoms with van der Waals surface area (Å²) in [6.07, 6.45) is 3.19. The van der Waals surface area contributed by atoms with Gasteiger partial charge in [-0.3, -0.25) is 4.68 Å². The molecule has 0 radical (unpaired) electrons. The summed E-state index contributed by atoms with van der Waals surface area (Å²) in [6.45, 7) is 0.773. The van der Waals surface area contributed by atoms with Crippen molar-refractivity contribution in [3.05, 3.63) is 30.0 Å². The first kappa shape index (κ1) is 9.72. The van der Waals surface area contributed by atoms with E-state index < -0.39 is 0 Å². The van der Waals surface area contributed by atoms with E-state index in [4.69, 9.17) is 14.9 Å². The van der Waals surface area contributed by atoms with Crippen molar-refractivity contribution in [2.24, 2.45) is 12.8 Å². The van der Waals surface area contributed by atoms with Crippen LogP contribution in [0.4, 0.5) is 0 Å². The van der Waals surface area contributed by atoms with Gasteiger partial charge in [0.05, 0.1) is 6.26 Å². The summed E-state index contributed by atoms with van der Waals surface area (Å²) in [5, 5.41) is 3.97. The maximum absolute atomic E-state index is 5.44. The quantitative estimate of drug-likeness (QED) is 0.788. The van der Waals surface area contributed by atoms with Gasteiger partial charge in [0.1, 0.15) is 18.7 Å². The molecule has 2 rings (SSSR count). The number of nitrogens with two attached hydrogens (primary N) is 1. The predicted octanol–water partition coefficient (Wildman–Crippen LogP) is 0.446. The lowest BCUT2D eigenvalue weighted by atomic mass is 10.3. The van der Waals surface area contributed by atoms with Crippen LogP contribution in [0.3, 0.4) is 0 Å². The molecule has 2 heterocycles. The standard InChI is InChI=1S/C9H12N4O2/c1-13-6-11-9(12-13)15-5-8-2-7(3-10)4-14-8/h2,4,6H,3,5,10H2,1H3. The van der Waals surface area contributed by atoms with E-state index in [1.165, 1.54) is 0 Å². The van der Waals surface area contributed by atoms with Crippen molar-refractivity contribution >= 4 is 0 Å². The summed E-state index contributed by atoms with van der Waals surface area (Å²) in [5.74, 6) is 0.711. The summed E-state index contributed by atoms with van der Waals surface area (Å²) in [5.41, 5.74) is 6.39. The van der Waals surface area contributed by atoms with Crippen molar-refractivity contribution in [1.82, 2.24) is 14.8 Å². The normalized spacial score (nSPS) is 10.5. The molecular formula is C9H12N4O2. The van der Waals surface area contributed by atoms with Crippen LogP contribution in [0.2, 0.25) is 0 Å². The fourth-order valence-electron chi connectivity index (χ4n) is 1.13. The van der Waals surface area contributed by atoms with Crippen LogP contribution >= 0.6 is 0 Å². The molecule has 0 unspecified atom stereocenters. The maximum Gasteiger partial charge on any atom is 0.335 e. The summed E-state index contributed by atoms with van der Waals surface area (Å²) < 4.78 is 12.1. The number of hydrogen-bond acceptors (Lipinski definition) is 5. The molecule has 2 N–H and O–H groups in total. The Hall–Kier alpha value is -1.82. The first-order valence-electron chi connectivity index (χ1n) is 4.52.